The molecule has 0 radical (unpaired) electrons. The number of fused-ring (bicyclic) bond motifs is 5. The number of sulfonamides is 1. The van der Waals surface area contributed by atoms with E-state index in [0.29, 0.717) is 10.7 Å². The van der Waals surface area contributed by atoms with Crippen LogP contribution in [0.4, 0.5) is 32.2 Å². The molecule has 7 aromatic rings. The van der Waals surface area contributed by atoms with E-state index in [1.807, 2.05) is 0 Å². The fraction of sp³-hybridized carbons (Fsp3) is 0.256. The van der Waals surface area contributed by atoms with Gasteiger partial charge in [0.2, 0.25) is 15.9 Å². The first-order valence-corrected chi connectivity index (χ1v) is 21.1. The van der Waals surface area contributed by atoms with E-state index in [-0.39, 0.29) is 78.4 Å². The molecule has 1 fully saturated rings. The van der Waals surface area contributed by atoms with Crippen molar-refractivity contribution < 1.29 is 39.6 Å². The average molecular weight is 918 g/mol. The van der Waals surface area contributed by atoms with Gasteiger partial charge in [-0.25, -0.2) is 40.9 Å². The smallest absolute Gasteiger partial charge is 0.293 e. The number of pyridine rings is 2. The van der Waals surface area contributed by atoms with Crippen molar-refractivity contribution in [1.29, 1.82) is 0 Å². The summed E-state index contributed by atoms with van der Waals surface area (Å²) in [5.74, 6) is -9.24. The summed E-state index contributed by atoms with van der Waals surface area (Å²) in [6.07, 6.45) is -2.85. The molecule has 5 heterocycles. The largest absolute Gasteiger partial charge is 0.344 e. The number of halogens is 8. The number of nitrogens with one attached hydrogen (secondary N) is 2. The minimum atomic E-state index is -3.93. The number of rotatable bonds is 11. The second-order valence-electron chi connectivity index (χ2n) is 14.9. The molecule has 0 spiro atoms. The third kappa shape index (κ3) is 7.20. The number of nitrogens with zero attached hydrogens (tertiary/aromatic N) is 8. The molecule has 3 atom stereocenters. The number of anilines is 1. The average Bonchev–Trinajstić information content (AvgIpc) is 3.72. The molecular weight excluding hydrogens is 889 g/mol. The number of amides is 1. The van der Waals surface area contributed by atoms with Crippen LogP contribution in [0.25, 0.3) is 39.0 Å². The zero-order valence-corrected chi connectivity index (χ0v) is 34.2. The van der Waals surface area contributed by atoms with Gasteiger partial charge >= 0.3 is 0 Å². The Morgan fingerprint density at radius 1 is 0.984 bits per heavy atom. The fourth-order valence-corrected chi connectivity index (χ4v) is 9.05. The van der Waals surface area contributed by atoms with Crippen molar-refractivity contribution in [1.82, 2.24) is 44.4 Å². The lowest BCUT2D eigenvalue weighted by Gasteiger charge is -2.24. The fourth-order valence-electron chi connectivity index (χ4n) is 8.15. The predicted molar refractivity (Wildman–Crippen MR) is 214 cm³/mol. The Kier molecular flexibility index (Phi) is 9.86. The van der Waals surface area contributed by atoms with Gasteiger partial charge < -0.3 is 5.32 Å². The second kappa shape index (κ2) is 14.8. The van der Waals surface area contributed by atoms with E-state index < -0.39 is 87.7 Å². The van der Waals surface area contributed by atoms with Gasteiger partial charge in [-0.3, -0.25) is 28.2 Å². The lowest BCUT2D eigenvalue weighted by Crippen LogP contribution is -2.38. The molecule has 2 aliphatic carbocycles. The van der Waals surface area contributed by atoms with Crippen LogP contribution in [0.3, 0.4) is 0 Å². The summed E-state index contributed by atoms with van der Waals surface area (Å²) in [7, 11) is -2.49. The molecule has 62 heavy (non-hydrogen) atoms. The van der Waals surface area contributed by atoms with Crippen molar-refractivity contribution in [3.8, 4) is 17.1 Å². The van der Waals surface area contributed by atoms with Gasteiger partial charge in [-0.05, 0) is 66.4 Å². The number of carbonyl (C=O) groups excluding carboxylic acids is 1. The third-order valence-corrected chi connectivity index (χ3v) is 11.7. The van der Waals surface area contributed by atoms with Crippen LogP contribution in [0, 0.1) is 17.6 Å². The van der Waals surface area contributed by atoms with Gasteiger partial charge in [-0.15, -0.1) is 0 Å². The predicted octanol–water partition coefficient (Wildman–Crippen LogP) is 7.13. The molecule has 9 rings (SSSR count). The maximum Gasteiger partial charge on any atom is 0.293 e. The molecule has 2 aromatic carbocycles. The van der Waals surface area contributed by atoms with Gasteiger partial charge in [0.05, 0.1) is 50.7 Å². The van der Waals surface area contributed by atoms with Gasteiger partial charge in [-0.1, -0.05) is 29.3 Å². The van der Waals surface area contributed by atoms with E-state index in [0.717, 1.165) is 23.0 Å². The number of alkyl halides is 4. The van der Waals surface area contributed by atoms with Crippen molar-refractivity contribution in [2.45, 2.75) is 43.7 Å². The van der Waals surface area contributed by atoms with Crippen LogP contribution in [-0.2, 0) is 40.8 Å². The summed E-state index contributed by atoms with van der Waals surface area (Å²) in [5.41, 5.74) is -2.50. The molecule has 0 unspecified atom stereocenters. The minimum Gasteiger partial charge on any atom is -0.344 e. The minimum absolute atomic E-state index is 0.0103. The number of aromatic nitrogens is 8. The van der Waals surface area contributed by atoms with Gasteiger partial charge in [0.15, 0.2) is 11.5 Å². The Balaban J connectivity index is 1.26. The third-order valence-electron chi connectivity index (χ3n) is 10.6. The van der Waals surface area contributed by atoms with E-state index in [1.165, 1.54) is 42.1 Å². The Hall–Kier alpha value is -6.06. The Bertz CT molecular complexity index is 3200. The topological polar surface area (TPSA) is 172 Å². The summed E-state index contributed by atoms with van der Waals surface area (Å²) < 4.78 is 119. The number of hydrogen-bond donors (Lipinski definition) is 2. The van der Waals surface area contributed by atoms with Gasteiger partial charge in [0, 0.05) is 31.0 Å². The van der Waals surface area contributed by atoms with Crippen LogP contribution < -0.4 is 15.6 Å². The molecule has 23 heteroatoms. The number of hydrogen-bond acceptors (Lipinski definition) is 9. The van der Waals surface area contributed by atoms with E-state index in [1.54, 1.807) is 12.1 Å². The monoisotopic (exact) mass is 916 g/mol. The summed E-state index contributed by atoms with van der Waals surface area (Å²) in [6, 6.07) is 11.3. The van der Waals surface area contributed by atoms with Crippen molar-refractivity contribution in [2.24, 2.45) is 13.0 Å². The van der Waals surface area contributed by atoms with Crippen molar-refractivity contribution in [2.75, 3.05) is 11.0 Å². The van der Waals surface area contributed by atoms with Crippen molar-refractivity contribution in [3.05, 3.63) is 121 Å². The number of carbonyl (C=O) groups is 1. The molecular formula is C39H28Cl2F6N10O4S. The number of benzene rings is 2. The van der Waals surface area contributed by atoms with Crippen LogP contribution in [-0.4, -0.2) is 59.7 Å². The summed E-state index contributed by atoms with van der Waals surface area (Å²) in [4.78, 5) is 42.6. The van der Waals surface area contributed by atoms with Gasteiger partial charge in [0.25, 0.3) is 17.9 Å². The molecule has 0 bridgehead atoms. The van der Waals surface area contributed by atoms with E-state index in [4.69, 9.17) is 28.2 Å². The zero-order chi connectivity index (χ0) is 44.2. The Labute approximate surface area is 355 Å². The summed E-state index contributed by atoms with van der Waals surface area (Å²) >= 11 is 12.8. The summed E-state index contributed by atoms with van der Waals surface area (Å²) in [6.45, 7) is -1.01. The first kappa shape index (κ1) is 41.3. The highest BCUT2D eigenvalue weighted by Crippen LogP contribution is 2.68. The van der Waals surface area contributed by atoms with Crippen molar-refractivity contribution in [3.63, 3.8) is 0 Å². The quantitative estimate of drug-likeness (QED) is 0.101. The van der Waals surface area contributed by atoms with Crippen LogP contribution in [0.15, 0.2) is 65.5 Å². The van der Waals surface area contributed by atoms with Crippen LogP contribution in [0.5, 0.6) is 0 Å². The van der Waals surface area contributed by atoms with E-state index >= 15 is 8.78 Å². The van der Waals surface area contributed by atoms with E-state index in [2.05, 4.69) is 30.2 Å². The normalized spacial score (nSPS) is 17.1. The molecule has 2 aliphatic rings. The number of aryl methyl sites for hydroxylation is 1. The van der Waals surface area contributed by atoms with Crippen LogP contribution in [0.1, 0.15) is 53.1 Å². The SMILES string of the molecule is Cn1nc(NS(C)(=O)=O)c2c(Cl)ccc(-n3c([C@H](Cc4cc(F)cc(F)c4)NC(=O)Cn4nc(C(F)F)c5c4C(F)(F)[C@@H]4C[C@H]54)nc4nc(-c5cccc(Cl)n5)ccc4c3=O)c21. The Morgan fingerprint density at radius 2 is 1.71 bits per heavy atom. The first-order chi connectivity index (χ1) is 29.3. The molecule has 14 nitrogen and oxygen atoms in total. The molecule has 1 amide bonds. The van der Waals surface area contributed by atoms with Crippen LogP contribution in [0.2, 0.25) is 10.2 Å². The Morgan fingerprint density at radius 3 is 2.40 bits per heavy atom. The molecule has 320 valence electrons. The highest BCUT2D eigenvalue weighted by molar-refractivity contribution is 7.92. The van der Waals surface area contributed by atoms with E-state index in [9.17, 15) is 35.6 Å². The highest BCUT2D eigenvalue weighted by atomic mass is 35.5. The van der Waals surface area contributed by atoms with Gasteiger partial charge in [0.1, 0.15) is 40.5 Å². The summed E-state index contributed by atoms with van der Waals surface area (Å²) in [5, 5.41) is 10.7. The second-order valence-corrected chi connectivity index (χ2v) is 17.5. The standard InChI is InChI=1S/C39H28Cl2F6N10O4S/c1-55-32-26(9-7-22(40)30(32)36(53-55)54-62(2,60)61)57-37(51-35-19(38(57)59)6-8-24(50-35)23-4-3-5-27(41)48-23)25(12-16-10-17(42)13-18(43)11-16)49-28(58)15-56-33-29(31(52-56)34(44)45)20-14-21(20)39(33,46)47/h3-11,13,20-21,25,34H,12,14-15H2,1-2H3,(H,49,58)(H,53,54)/t20-,21+,25-/m0/s1. The maximum atomic E-state index is 15.5. The van der Waals surface area contributed by atoms with Gasteiger partial charge in [-0.2, -0.15) is 19.0 Å². The molecule has 0 aliphatic heterocycles. The maximum absolute atomic E-state index is 15.5. The first-order valence-electron chi connectivity index (χ1n) is 18.5. The highest BCUT2D eigenvalue weighted by Gasteiger charge is 2.67. The van der Waals surface area contributed by atoms with Crippen molar-refractivity contribution >= 4 is 66.9 Å². The zero-order valence-electron chi connectivity index (χ0n) is 31.8. The molecule has 2 N–H and O–H groups in total. The lowest BCUT2D eigenvalue weighted by atomic mass is 10.0. The van der Waals surface area contributed by atoms with Crippen LogP contribution >= 0.6 is 23.2 Å². The molecule has 1 saturated carbocycles. The lowest BCUT2D eigenvalue weighted by molar-refractivity contribution is -0.123. The molecule has 5 aromatic heterocycles. The molecule has 0 saturated heterocycles.